The van der Waals surface area contributed by atoms with Crippen molar-refractivity contribution in [2.75, 3.05) is 64.3 Å². The lowest BCUT2D eigenvalue weighted by atomic mass is 9.93. The van der Waals surface area contributed by atoms with Crippen LogP contribution >= 0.6 is 0 Å². The van der Waals surface area contributed by atoms with Crippen molar-refractivity contribution in [2.24, 2.45) is 5.92 Å². The van der Waals surface area contributed by atoms with Crippen molar-refractivity contribution in [2.45, 2.75) is 25.7 Å². The van der Waals surface area contributed by atoms with E-state index in [0.29, 0.717) is 12.3 Å². The molecule has 26 heavy (non-hydrogen) atoms. The molecule has 0 atom stereocenters. The van der Waals surface area contributed by atoms with Gasteiger partial charge in [-0.3, -0.25) is 9.69 Å². The summed E-state index contributed by atoms with van der Waals surface area (Å²) < 4.78 is 0. The third-order valence-electron chi connectivity index (χ3n) is 5.91. The highest BCUT2D eigenvalue weighted by molar-refractivity contribution is 5.76. The first-order chi connectivity index (χ1) is 12.8. The van der Waals surface area contributed by atoms with Gasteiger partial charge >= 0.3 is 0 Å². The molecule has 0 aliphatic carbocycles. The van der Waals surface area contributed by atoms with Gasteiger partial charge < -0.3 is 15.1 Å². The van der Waals surface area contributed by atoms with Crippen molar-refractivity contribution in [1.82, 2.24) is 15.1 Å². The van der Waals surface area contributed by atoms with Crippen LogP contribution < -0.4 is 10.2 Å². The topological polar surface area (TPSA) is 38.8 Å². The molecule has 0 saturated carbocycles. The number of nitrogens with one attached hydrogen (secondary N) is 1. The SMILES string of the molecule is CNCCC1CCN(C(=O)CCN2CCN(c3ccccc3)CC2)CC1. The summed E-state index contributed by atoms with van der Waals surface area (Å²) in [6.45, 7) is 8.10. The third-order valence-corrected chi connectivity index (χ3v) is 5.91. The van der Waals surface area contributed by atoms with Crippen LogP contribution in [0.4, 0.5) is 5.69 Å². The van der Waals surface area contributed by atoms with Crippen LogP contribution in [-0.4, -0.2) is 75.1 Å². The second-order valence-corrected chi connectivity index (χ2v) is 7.63. The molecular formula is C21H34N4O. The second kappa shape index (κ2) is 9.93. The van der Waals surface area contributed by atoms with Crippen molar-refractivity contribution in [1.29, 1.82) is 0 Å². The predicted octanol–water partition coefficient (Wildman–Crippen LogP) is 2.05. The summed E-state index contributed by atoms with van der Waals surface area (Å²) in [7, 11) is 2.01. The van der Waals surface area contributed by atoms with E-state index in [1.165, 1.54) is 24.9 Å². The second-order valence-electron chi connectivity index (χ2n) is 7.63. The van der Waals surface area contributed by atoms with Gasteiger partial charge in [0.1, 0.15) is 0 Å². The van der Waals surface area contributed by atoms with Crippen molar-refractivity contribution < 1.29 is 4.79 Å². The number of rotatable bonds is 7. The number of carbonyl (C=O) groups is 1. The highest BCUT2D eigenvalue weighted by atomic mass is 16.2. The molecule has 2 aliphatic heterocycles. The summed E-state index contributed by atoms with van der Waals surface area (Å²) in [4.78, 5) is 19.5. The lowest BCUT2D eigenvalue weighted by Crippen LogP contribution is -2.47. The summed E-state index contributed by atoms with van der Waals surface area (Å²) >= 11 is 0. The maximum atomic E-state index is 12.5. The van der Waals surface area contributed by atoms with Gasteiger partial charge in [0.15, 0.2) is 0 Å². The smallest absolute Gasteiger partial charge is 0.223 e. The number of para-hydroxylation sites is 1. The average molecular weight is 359 g/mol. The van der Waals surface area contributed by atoms with E-state index >= 15 is 0 Å². The maximum absolute atomic E-state index is 12.5. The van der Waals surface area contributed by atoms with Crippen molar-refractivity contribution in [3.63, 3.8) is 0 Å². The number of piperidine rings is 1. The van der Waals surface area contributed by atoms with E-state index < -0.39 is 0 Å². The molecule has 1 amide bonds. The number of benzene rings is 1. The average Bonchev–Trinajstić information content (AvgIpc) is 2.72. The Hall–Kier alpha value is -1.59. The molecule has 1 N–H and O–H groups in total. The number of hydrogen-bond acceptors (Lipinski definition) is 4. The zero-order chi connectivity index (χ0) is 18.2. The van der Waals surface area contributed by atoms with Crippen LogP contribution in [0.1, 0.15) is 25.7 Å². The molecule has 2 saturated heterocycles. The Morgan fingerprint density at radius 3 is 2.38 bits per heavy atom. The molecule has 0 unspecified atom stereocenters. The fourth-order valence-corrected chi connectivity index (χ4v) is 4.10. The normalized spacial score (nSPS) is 19.7. The number of carbonyl (C=O) groups excluding carboxylic acids is 1. The highest BCUT2D eigenvalue weighted by Gasteiger charge is 2.23. The van der Waals surface area contributed by atoms with Crippen molar-refractivity contribution in [3.8, 4) is 0 Å². The Balaban J connectivity index is 1.33. The Morgan fingerprint density at radius 2 is 1.73 bits per heavy atom. The van der Waals surface area contributed by atoms with Crippen LogP contribution in [0.2, 0.25) is 0 Å². The molecule has 0 spiro atoms. The van der Waals surface area contributed by atoms with E-state index in [9.17, 15) is 4.79 Å². The minimum absolute atomic E-state index is 0.350. The van der Waals surface area contributed by atoms with Crippen molar-refractivity contribution >= 4 is 11.6 Å². The number of anilines is 1. The fraction of sp³-hybridized carbons (Fsp3) is 0.667. The van der Waals surface area contributed by atoms with Crippen LogP contribution in [0.25, 0.3) is 0 Å². The Labute approximate surface area is 158 Å². The van der Waals surface area contributed by atoms with Gasteiger partial charge in [0.05, 0.1) is 0 Å². The third kappa shape index (κ3) is 5.45. The lowest BCUT2D eigenvalue weighted by molar-refractivity contribution is -0.133. The first-order valence-electron chi connectivity index (χ1n) is 10.2. The number of nitrogens with zero attached hydrogens (tertiary/aromatic N) is 3. The quantitative estimate of drug-likeness (QED) is 0.810. The Bertz CT molecular complexity index is 534. The molecule has 1 aromatic carbocycles. The minimum atomic E-state index is 0.350. The molecule has 0 aromatic heterocycles. The number of piperazine rings is 1. The Kier molecular flexibility index (Phi) is 7.32. The maximum Gasteiger partial charge on any atom is 0.223 e. The van der Waals surface area contributed by atoms with Crippen molar-refractivity contribution in [3.05, 3.63) is 30.3 Å². The molecule has 5 nitrogen and oxygen atoms in total. The largest absolute Gasteiger partial charge is 0.369 e. The van der Waals surface area contributed by atoms with Gasteiger partial charge in [-0.2, -0.15) is 0 Å². The van der Waals surface area contributed by atoms with E-state index in [2.05, 4.69) is 50.3 Å². The lowest BCUT2D eigenvalue weighted by Gasteiger charge is -2.37. The first kappa shape index (κ1) is 19.2. The van der Waals surface area contributed by atoms with Crippen LogP contribution in [0.3, 0.4) is 0 Å². The molecule has 2 fully saturated rings. The van der Waals surface area contributed by atoms with Crippen LogP contribution in [0, 0.1) is 5.92 Å². The fourth-order valence-electron chi connectivity index (χ4n) is 4.10. The van der Waals surface area contributed by atoms with Crippen LogP contribution in [0.15, 0.2) is 30.3 Å². The van der Waals surface area contributed by atoms with Crippen LogP contribution in [-0.2, 0) is 4.79 Å². The van der Waals surface area contributed by atoms with E-state index in [-0.39, 0.29) is 0 Å². The summed E-state index contributed by atoms with van der Waals surface area (Å²) in [5, 5.41) is 3.23. The molecule has 1 aromatic rings. The van der Waals surface area contributed by atoms with E-state index in [0.717, 1.165) is 58.3 Å². The molecule has 2 aliphatic rings. The first-order valence-corrected chi connectivity index (χ1v) is 10.2. The molecule has 0 radical (unpaired) electrons. The summed E-state index contributed by atoms with van der Waals surface area (Å²) in [5.41, 5.74) is 1.31. The van der Waals surface area contributed by atoms with Gasteiger partial charge in [0.25, 0.3) is 0 Å². The molecule has 5 heteroatoms. The summed E-state index contributed by atoms with van der Waals surface area (Å²) in [6, 6.07) is 10.6. The molecule has 2 heterocycles. The molecule has 0 bridgehead atoms. The summed E-state index contributed by atoms with van der Waals surface area (Å²) in [5.74, 6) is 1.14. The van der Waals surface area contributed by atoms with E-state index in [1.54, 1.807) is 0 Å². The van der Waals surface area contributed by atoms with E-state index in [1.807, 2.05) is 7.05 Å². The Morgan fingerprint density at radius 1 is 1.04 bits per heavy atom. The standard InChI is InChI=1S/C21H34N4O/c1-22-11-7-19-8-13-25(14-9-19)21(26)10-12-23-15-17-24(18-16-23)20-5-3-2-4-6-20/h2-6,19,22H,7-18H2,1H3. The van der Waals surface area contributed by atoms with Gasteiger partial charge in [-0.25, -0.2) is 0 Å². The predicted molar refractivity (Wildman–Crippen MR) is 108 cm³/mol. The van der Waals surface area contributed by atoms with E-state index in [4.69, 9.17) is 0 Å². The van der Waals surface area contributed by atoms with Crippen LogP contribution in [0.5, 0.6) is 0 Å². The number of hydrogen-bond donors (Lipinski definition) is 1. The molecular weight excluding hydrogens is 324 g/mol. The molecule has 144 valence electrons. The monoisotopic (exact) mass is 358 g/mol. The minimum Gasteiger partial charge on any atom is -0.369 e. The number of likely N-dealkylation sites (tertiary alicyclic amines) is 1. The zero-order valence-electron chi connectivity index (χ0n) is 16.2. The van der Waals surface area contributed by atoms with Gasteiger partial charge in [-0.1, -0.05) is 18.2 Å². The van der Waals surface area contributed by atoms with Gasteiger partial charge in [0, 0.05) is 57.9 Å². The number of amides is 1. The zero-order valence-corrected chi connectivity index (χ0v) is 16.2. The van der Waals surface area contributed by atoms with Gasteiger partial charge in [0.2, 0.25) is 5.91 Å². The highest BCUT2D eigenvalue weighted by Crippen LogP contribution is 2.21. The molecule has 3 rings (SSSR count). The summed E-state index contributed by atoms with van der Waals surface area (Å²) in [6.07, 6.45) is 4.25. The van der Waals surface area contributed by atoms with Gasteiger partial charge in [-0.15, -0.1) is 0 Å². The van der Waals surface area contributed by atoms with Gasteiger partial charge in [-0.05, 0) is 50.9 Å².